The average Bonchev–Trinajstić information content (AvgIpc) is 3.68. The largest absolute Gasteiger partial charge is 0.481 e. The Morgan fingerprint density at radius 2 is 2.00 bits per heavy atom. The molecule has 1 amide bonds. The number of piperidine rings is 2. The highest BCUT2D eigenvalue weighted by atomic mass is 19.1. The van der Waals surface area contributed by atoms with Crippen molar-refractivity contribution in [3.05, 3.63) is 30.2 Å². The van der Waals surface area contributed by atoms with Crippen LogP contribution in [0.25, 0.3) is 0 Å². The van der Waals surface area contributed by atoms with E-state index in [0.29, 0.717) is 17.4 Å². The van der Waals surface area contributed by atoms with Crippen molar-refractivity contribution in [1.29, 1.82) is 0 Å². The van der Waals surface area contributed by atoms with Crippen LogP contribution in [0.2, 0.25) is 0 Å². The lowest BCUT2D eigenvalue weighted by molar-refractivity contribution is -0.121. The van der Waals surface area contributed by atoms with E-state index in [-0.39, 0.29) is 24.3 Å². The van der Waals surface area contributed by atoms with Gasteiger partial charge in [0.05, 0.1) is 11.9 Å². The molecule has 3 fully saturated rings. The van der Waals surface area contributed by atoms with Gasteiger partial charge in [-0.25, -0.2) is 9.37 Å². The molecule has 2 aromatic rings. The van der Waals surface area contributed by atoms with E-state index in [1.807, 2.05) is 6.07 Å². The van der Waals surface area contributed by atoms with Gasteiger partial charge < -0.3 is 25.6 Å². The fraction of sp³-hybridized carbons (Fsp3) is 0.577. The van der Waals surface area contributed by atoms with Gasteiger partial charge in [0.1, 0.15) is 5.75 Å². The lowest BCUT2D eigenvalue weighted by atomic mass is 9.85. The van der Waals surface area contributed by atoms with Gasteiger partial charge in [0, 0.05) is 24.3 Å². The van der Waals surface area contributed by atoms with Crippen molar-refractivity contribution in [2.75, 3.05) is 42.2 Å². The minimum atomic E-state index is -0.663. The van der Waals surface area contributed by atoms with E-state index >= 15 is 0 Å². The van der Waals surface area contributed by atoms with Crippen LogP contribution in [0.3, 0.4) is 0 Å². The van der Waals surface area contributed by atoms with Gasteiger partial charge in [-0.15, -0.1) is 0 Å². The molecule has 6 rings (SSSR count). The highest BCUT2D eigenvalue weighted by Gasteiger charge is 2.32. The third kappa shape index (κ3) is 5.66. The van der Waals surface area contributed by atoms with Crippen molar-refractivity contribution in [3.8, 4) is 5.75 Å². The van der Waals surface area contributed by atoms with Gasteiger partial charge in [-0.2, -0.15) is 4.98 Å². The van der Waals surface area contributed by atoms with E-state index in [4.69, 9.17) is 10.5 Å². The molecule has 2 atom stereocenters. The Bertz CT molecular complexity index is 1060. The number of amides is 1. The summed E-state index contributed by atoms with van der Waals surface area (Å²) in [7, 11) is 0. The Kier molecular flexibility index (Phi) is 7.04. The van der Waals surface area contributed by atoms with Crippen LogP contribution in [0.4, 0.5) is 27.5 Å². The van der Waals surface area contributed by atoms with Gasteiger partial charge >= 0.3 is 0 Å². The van der Waals surface area contributed by atoms with Crippen LogP contribution in [-0.2, 0) is 4.79 Å². The molecule has 9 heteroatoms. The van der Waals surface area contributed by atoms with E-state index in [2.05, 4.69) is 27.1 Å². The van der Waals surface area contributed by atoms with Crippen LogP contribution in [0.5, 0.6) is 5.75 Å². The molecule has 188 valence electrons. The Labute approximate surface area is 206 Å². The maximum atomic E-state index is 13.1. The zero-order chi connectivity index (χ0) is 24.4. The summed E-state index contributed by atoms with van der Waals surface area (Å²) in [5, 5.41) is 2.95. The molecular weight excluding hydrogens is 447 g/mol. The molecule has 4 heterocycles. The number of nitrogens with two attached hydrogens (primary N) is 1. The van der Waals surface area contributed by atoms with Crippen LogP contribution in [0.1, 0.15) is 51.9 Å². The summed E-state index contributed by atoms with van der Waals surface area (Å²) in [6.07, 6.45) is 10.7. The zero-order valence-corrected chi connectivity index (χ0v) is 20.4. The molecule has 3 aliphatic heterocycles. The molecule has 0 radical (unpaired) electrons. The van der Waals surface area contributed by atoms with Gasteiger partial charge in [0.25, 0.3) is 5.91 Å². The number of nitrogens with one attached hydrogen (secondary N) is 1. The fourth-order valence-electron chi connectivity index (χ4n) is 5.36. The van der Waals surface area contributed by atoms with Crippen molar-refractivity contribution in [3.63, 3.8) is 0 Å². The summed E-state index contributed by atoms with van der Waals surface area (Å²) in [5.74, 6) is 1.47. The standard InChI is InChI=1S/C16H16FN5O2.C10H19N/c17-11-6-19-16(21-15(11)18)20-10-3-4-12-13(5-10)24-8-14(23)22(12)7-9-1-2-9;1-9-5-4-8-11-7-3-2-6-10(9)11/h3-6,9H,1-2,7-8H2,(H3,18,19,20,21);9-10H,2-8H2,1H3/t;9-,10?/m.1/s1. The second-order valence-electron chi connectivity index (χ2n) is 10.2. The highest BCUT2D eigenvalue weighted by molar-refractivity contribution is 5.98. The third-order valence-electron chi connectivity index (χ3n) is 7.49. The van der Waals surface area contributed by atoms with Crippen LogP contribution in [-0.4, -0.2) is 53.1 Å². The van der Waals surface area contributed by atoms with Gasteiger partial charge in [-0.3, -0.25) is 4.79 Å². The van der Waals surface area contributed by atoms with Crippen LogP contribution >= 0.6 is 0 Å². The van der Waals surface area contributed by atoms with Gasteiger partial charge in [0.2, 0.25) is 5.95 Å². The summed E-state index contributed by atoms with van der Waals surface area (Å²) >= 11 is 0. The molecule has 1 unspecified atom stereocenters. The third-order valence-corrected chi connectivity index (χ3v) is 7.49. The first-order valence-corrected chi connectivity index (χ1v) is 12.8. The van der Waals surface area contributed by atoms with E-state index in [1.54, 1.807) is 17.0 Å². The van der Waals surface area contributed by atoms with Crippen molar-refractivity contribution in [2.24, 2.45) is 11.8 Å². The molecule has 1 aliphatic carbocycles. The molecule has 4 aliphatic rings. The van der Waals surface area contributed by atoms with Crippen molar-refractivity contribution >= 4 is 29.0 Å². The minimum absolute atomic E-state index is 0.0234. The number of fused-ring (bicyclic) bond motifs is 2. The molecule has 3 N–H and O–H groups in total. The Balaban J connectivity index is 0.000000192. The van der Waals surface area contributed by atoms with Gasteiger partial charge in [-0.05, 0) is 75.6 Å². The van der Waals surface area contributed by atoms with Gasteiger partial charge in [0.15, 0.2) is 18.2 Å². The molecule has 8 nitrogen and oxygen atoms in total. The summed E-state index contributed by atoms with van der Waals surface area (Å²) in [5.41, 5.74) is 6.87. The minimum Gasteiger partial charge on any atom is -0.481 e. The molecule has 2 saturated heterocycles. The molecule has 1 aromatic heterocycles. The predicted molar refractivity (Wildman–Crippen MR) is 134 cm³/mol. The van der Waals surface area contributed by atoms with E-state index in [1.165, 1.54) is 58.0 Å². The first-order valence-electron chi connectivity index (χ1n) is 12.8. The second-order valence-corrected chi connectivity index (χ2v) is 10.2. The number of anilines is 4. The first kappa shape index (κ1) is 23.8. The Hall–Kier alpha value is -2.94. The second kappa shape index (κ2) is 10.4. The molecule has 0 spiro atoms. The number of hydrogen-bond donors (Lipinski definition) is 2. The smallest absolute Gasteiger partial charge is 0.265 e. The summed E-state index contributed by atoms with van der Waals surface area (Å²) in [6.45, 7) is 5.97. The lowest BCUT2D eigenvalue weighted by Gasteiger charge is -2.43. The van der Waals surface area contributed by atoms with Gasteiger partial charge in [-0.1, -0.05) is 13.3 Å². The number of halogens is 1. The molecular formula is C26H35FN6O2. The SMILES string of the molecule is C[C@@H]1CCCN2CCCCC12.Nc1nc(Nc2ccc3c(c2)OCC(=O)N3CC2CC2)ncc1F. The summed E-state index contributed by atoms with van der Waals surface area (Å²) in [6, 6.07) is 6.34. The van der Waals surface area contributed by atoms with Crippen LogP contribution < -0.4 is 20.7 Å². The van der Waals surface area contributed by atoms with Crippen LogP contribution in [0.15, 0.2) is 24.4 Å². The number of carbonyl (C=O) groups is 1. The highest BCUT2D eigenvalue weighted by Crippen LogP contribution is 2.38. The van der Waals surface area contributed by atoms with Crippen LogP contribution in [0, 0.1) is 17.7 Å². The molecule has 35 heavy (non-hydrogen) atoms. The molecule has 1 saturated carbocycles. The number of nitrogens with zero attached hydrogens (tertiary/aromatic N) is 4. The number of benzene rings is 1. The number of nitrogen functional groups attached to an aromatic ring is 1. The summed E-state index contributed by atoms with van der Waals surface area (Å²) in [4.78, 5) is 24.3. The zero-order valence-electron chi connectivity index (χ0n) is 20.4. The number of ether oxygens (including phenoxy) is 1. The maximum Gasteiger partial charge on any atom is 0.265 e. The first-order chi connectivity index (χ1) is 17.0. The maximum absolute atomic E-state index is 13.1. The monoisotopic (exact) mass is 482 g/mol. The fourth-order valence-corrected chi connectivity index (χ4v) is 5.36. The molecule has 0 bridgehead atoms. The number of rotatable bonds is 4. The molecule has 1 aromatic carbocycles. The normalized spacial score (nSPS) is 23.9. The topological polar surface area (TPSA) is 96.6 Å². The quantitative estimate of drug-likeness (QED) is 0.669. The van der Waals surface area contributed by atoms with E-state index in [9.17, 15) is 9.18 Å². The Morgan fingerprint density at radius 3 is 2.77 bits per heavy atom. The summed E-state index contributed by atoms with van der Waals surface area (Å²) < 4.78 is 18.6. The number of aromatic nitrogens is 2. The van der Waals surface area contributed by atoms with E-state index in [0.717, 1.165) is 30.4 Å². The van der Waals surface area contributed by atoms with E-state index < -0.39 is 5.82 Å². The predicted octanol–water partition coefficient (Wildman–Crippen LogP) is 4.35. The van der Waals surface area contributed by atoms with Crippen molar-refractivity contribution in [1.82, 2.24) is 14.9 Å². The lowest BCUT2D eigenvalue weighted by Crippen LogP contribution is -2.46. The van der Waals surface area contributed by atoms with Crippen molar-refractivity contribution in [2.45, 2.75) is 57.9 Å². The Morgan fingerprint density at radius 1 is 1.17 bits per heavy atom. The van der Waals surface area contributed by atoms with Crippen molar-refractivity contribution < 1.29 is 13.9 Å². The average molecular weight is 483 g/mol. The number of carbonyl (C=O) groups excluding carboxylic acids is 1. The number of hydrogen-bond acceptors (Lipinski definition) is 7.